The van der Waals surface area contributed by atoms with Crippen LogP contribution in [0.5, 0.6) is 0 Å². The van der Waals surface area contributed by atoms with Crippen LogP contribution in [0.4, 0.5) is 10.5 Å². The molecule has 0 spiro atoms. The standard InChI is InChI=1S/C15H18BrN3OS/c1-10(17)12-3-5-13(6-4-12)18-15(20)19(2)8-11-7-14(16)21-9-11/h3-7,9-10H,8,17H2,1-2H3,(H,18,20). The van der Waals surface area contributed by atoms with Crippen molar-refractivity contribution in [2.24, 2.45) is 5.73 Å². The Labute approximate surface area is 137 Å². The number of benzene rings is 1. The van der Waals surface area contributed by atoms with Crippen molar-refractivity contribution in [3.8, 4) is 0 Å². The molecule has 1 aromatic carbocycles. The van der Waals surface area contributed by atoms with Gasteiger partial charge in [0.15, 0.2) is 0 Å². The molecule has 3 N–H and O–H groups in total. The van der Waals surface area contributed by atoms with Gasteiger partial charge in [0.2, 0.25) is 0 Å². The van der Waals surface area contributed by atoms with Crippen molar-refractivity contribution in [1.82, 2.24) is 4.90 Å². The molecule has 0 saturated heterocycles. The maximum absolute atomic E-state index is 12.1. The van der Waals surface area contributed by atoms with Gasteiger partial charge in [-0.25, -0.2) is 4.79 Å². The van der Waals surface area contributed by atoms with Gasteiger partial charge in [-0.3, -0.25) is 0 Å². The van der Waals surface area contributed by atoms with E-state index in [2.05, 4.69) is 21.2 Å². The number of carbonyl (C=O) groups excluding carboxylic acids is 1. The van der Waals surface area contributed by atoms with Crippen molar-refractivity contribution < 1.29 is 4.79 Å². The Morgan fingerprint density at radius 2 is 2.10 bits per heavy atom. The van der Waals surface area contributed by atoms with Gasteiger partial charge in [-0.2, -0.15) is 0 Å². The van der Waals surface area contributed by atoms with Crippen LogP contribution in [0, 0.1) is 0 Å². The van der Waals surface area contributed by atoms with Crippen molar-refractivity contribution in [2.45, 2.75) is 19.5 Å². The lowest BCUT2D eigenvalue weighted by molar-refractivity contribution is 0.221. The van der Waals surface area contributed by atoms with E-state index in [0.717, 1.165) is 20.6 Å². The summed E-state index contributed by atoms with van der Waals surface area (Å²) in [6.45, 7) is 2.51. The second-order valence-electron chi connectivity index (χ2n) is 4.96. The zero-order valence-corrected chi connectivity index (χ0v) is 14.4. The minimum atomic E-state index is -0.133. The highest BCUT2D eigenvalue weighted by Gasteiger charge is 2.10. The van der Waals surface area contributed by atoms with Gasteiger partial charge in [0.05, 0.1) is 3.79 Å². The third kappa shape index (κ3) is 4.56. The fourth-order valence-electron chi connectivity index (χ4n) is 1.86. The van der Waals surface area contributed by atoms with E-state index < -0.39 is 0 Å². The number of nitrogens with two attached hydrogens (primary N) is 1. The molecule has 4 nitrogen and oxygen atoms in total. The number of nitrogens with one attached hydrogen (secondary N) is 1. The van der Waals surface area contributed by atoms with Crippen molar-refractivity contribution in [2.75, 3.05) is 12.4 Å². The second-order valence-corrected chi connectivity index (χ2v) is 7.25. The highest BCUT2D eigenvalue weighted by molar-refractivity contribution is 9.11. The van der Waals surface area contributed by atoms with E-state index in [-0.39, 0.29) is 12.1 Å². The summed E-state index contributed by atoms with van der Waals surface area (Å²) in [6, 6.07) is 9.47. The molecule has 1 atom stereocenters. The summed E-state index contributed by atoms with van der Waals surface area (Å²) >= 11 is 5.03. The lowest BCUT2D eigenvalue weighted by atomic mass is 10.1. The Morgan fingerprint density at radius 1 is 1.43 bits per heavy atom. The van der Waals surface area contributed by atoms with Gasteiger partial charge in [-0.1, -0.05) is 12.1 Å². The van der Waals surface area contributed by atoms with Gasteiger partial charge < -0.3 is 16.0 Å². The Balaban J connectivity index is 1.93. The van der Waals surface area contributed by atoms with Crippen LogP contribution in [-0.4, -0.2) is 18.0 Å². The Bertz CT molecular complexity index is 610. The first kappa shape index (κ1) is 16.0. The largest absolute Gasteiger partial charge is 0.324 e. The predicted molar refractivity (Wildman–Crippen MR) is 91.5 cm³/mol. The van der Waals surface area contributed by atoms with E-state index in [4.69, 9.17) is 5.73 Å². The van der Waals surface area contributed by atoms with Gasteiger partial charge >= 0.3 is 6.03 Å². The molecule has 1 aromatic heterocycles. The van der Waals surface area contributed by atoms with E-state index in [1.54, 1.807) is 23.3 Å². The number of anilines is 1. The molecule has 1 heterocycles. The molecule has 2 amide bonds. The maximum atomic E-state index is 12.1. The van der Waals surface area contributed by atoms with Gasteiger partial charge in [0, 0.05) is 25.3 Å². The number of nitrogens with zero attached hydrogens (tertiary/aromatic N) is 1. The average Bonchev–Trinajstić information content (AvgIpc) is 2.84. The van der Waals surface area contributed by atoms with Crippen molar-refractivity contribution in [3.05, 3.63) is 50.6 Å². The molecule has 0 aliphatic rings. The predicted octanol–water partition coefficient (Wildman–Crippen LogP) is 4.19. The Hall–Kier alpha value is -1.37. The van der Waals surface area contributed by atoms with Crippen molar-refractivity contribution >= 4 is 39.0 Å². The molecule has 0 fully saturated rings. The Kier molecular flexibility index (Phi) is 5.39. The first-order chi connectivity index (χ1) is 9.95. The molecule has 2 rings (SSSR count). The third-order valence-corrected chi connectivity index (χ3v) is 4.63. The van der Waals surface area contributed by atoms with Crippen LogP contribution in [0.15, 0.2) is 39.5 Å². The summed E-state index contributed by atoms with van der Waals surface area (Å²) in [6.07, 6.45) is 0. The van der Waals surface area contributed by atoms with Crippen molar-refractivity contribution in [1.29, 1.82) is 0 Å². The zero-order chi connectivity index (χ0) is 15.4. The van der Waals surface area contributed by atoms with E-state index in [1.807, 2.05) is 42.6 Å². The van der Waals surface area contributed by atoms with Gasteiger partial charge in [-0.05, 0) is 57.6 Å². The molecule has 6 heteroatoms. The second kappa shape index (κ2) is 7.06. The van der Waals surface area contributed by atoms with E-state index in [9.17, 15) is 4.79 Å². The highest BCUT2D eigenvalue weighted by atomic mass is 79.9. The van der Waals surface area contributed by atoms with E-state index >= 15 is 0 Å². The molecule has 1 unspecified atom stereocenters. The normalized spacial score (nSPS) is 12.0. The molecule has 0 bridgehead atoms. The summed E-state index contributed by atoms with van der Waals surface area (Å²) in [5.74, 6) is 0. The number of carbonyl (C=O) groups is 1. The molecule has 2 aromatic rings. The number of hydrogen-bond donors (Lipinski definition) is 2. The first-order valence-electron chi connectivity index (χ1n) is 6.56. The van der Waals surface area contributed by atoms with Crippen LogP contribution < -0.4 is 11.1 Å². The van der Waals surface area contributed by atoms with E-state index in [0.29, 0.717) is 6.54 Å². The fourth-order valence-corrected chi connectivity index (χ4v) is 3.06. The Morgan fingerprint density at radius 3 is 2.62 bits per heavy atom. The van der Waals surface area contributed by atoms with Crippen LogP contribution in [0.2, 0.25) is 0 Å². The number of thiophene rings is 1. The maximum Gasteiger partial charge on any atom is 0.321 e. The van der Waals surface area contributed by atoms with Crippen LogP contribution in [-0.2, 0) is 6.54 Å². The highest BCUT2D eigenvalue weighted by Crippen LogP contribution is 2.21. The summed E-state index contributed by atoms with van der Waals surface area (Å²) in [5.41, 5.74) is 8.72. The third-order valence-electron chi connectivity index (χ3n) is 3.08. The number of urea groups is 1. The summed E-state index contributed by atoms with van der Waals surface area (Å²) in [5, 5.41) is 4.91. The molecule has 0 aliphatic heterocycles. The number of rotatable bonds is 4. The van der Waals surface area contributed by atoms with Gasteiger partial charge in [-0.15, -0.1) is 11.3 Å². The lowest BCUT2D eigenvalue weighted by Crippen LogP contribution is -2.30. The first-order valence-corrected chi connectivity index (χ1v) is 8.23. The molecule has 21 heavy (non-hydrogen) atoms. The molecule has 0 radical (unpaired) electrons. The summed E-state index contributed by atoms with van der Waals surface area (Å²) < 4.78 is 1.07. The van der Waals surface area contributed by atoms with Crippen LogP contribution in [0.3, 0.4) is 0 Å². The minimum Gasteiger partial charge on any atom is -0.324 e. The van der Waals surface area contributed by atoms with Crippen molar-refractivity contribution in [3.63, 3.8) is 0 Å². The van der Waals surface area contributed by atoms with Gasteiger partial charge in [0.25, 0.3) is 0 Å². The molecule has 112 valence electrons. The quantitative estimate of drug-likeness (QED) is 0.850. The smallest absolute Gasteiger partial charge is 0.321 e. The fraction of sp³-hybridized carbons (Fsp3) is 0.267. The molecule has 0 saturated carbocycles. The number of amides is 2. The van der Waals surface area contributed by atoms with Gasteiger partial charge in [0.1, 0.15) is 0 Å². The van der Waals surface area contributed by atoms with Crippen LogP contribution in [0.1, 0.15) is 24.1 Å². The summed E-state index contributed by atoms with van der Waals surface area (Å²) in [7, 11) is 1.78. The number of halogens is 1. The lowest BCUT2D eigenvalue weighted by Gasteiger charge is -2.17. The summed E-state index contributed by atoms with van der Waals surface area (Å²) in [4.78, 5) is 13.8. The average molecular weight is 368 g/mol. The molecular weight excluding hydrogens is 350 g/mol. The zero-order valence-electron chi connectivity index (χ0n) is 12.0. The van der Waals surface area contributed by atoms with E-state index in [1.165, 1.54) is 0 Å². The molecule has 0 aliphatic carbocycles. The van der Waals surface area contributed by atoms with Crippen LogP contribution in [0.25, 0.3) is 0 Å². The SMILES string of the molecule is CC(N)c1ccc(NC(=O)N(C)Cc2csc(Br)c2)cc1. The number of hydrogen-bond acceptors (Lipinski definition) is 3. The van der Waals surface area contributed by atoms with Crippen LogP contribution >= 0.6 is 27.3 Å². The molecular formula is C15H18BrN3OS. The monoisotopic (exact) mass is 367 g/mol. The minimum absolute atomic E-state index is 0.00513. The topological polar surface area (TPSA) is 58.4 Å².